The van der Waals surface area contributed by atoms with Crippen LogP contribution in [0.1, 0.15) is 43.7 Å². The maximum atomic E-state index is 13.8. The fourth-order valence-corrected chi connectivity index (χ4v) is 3.26. The van der Waals surface area contributed by atoms with Gasteiger partial charge in [0, 0.05) is 24.1 Å². The van der Waals surface area contributed by atoms with Crippen LogP contribution in [0.25, 0.3) is 0 Å². The summed E-state index contributed by atoms with van der Waals surface area (Å²) in [4.78, 5) is 13.6. The molecule has 0 aromatic heterocycles. The number of nitrogens with zero attached hydrogens (tertiary/aromatic N) is 1. The Morgan fingerprint density at radius 3 is 2.38 bits per heavy atom. The molecule has 1 amide bonds. The topological polar surface area (TPSA) is 37.4 Å². The first kappa shape index (κ1) is 16.3. The van der Waals surface area contributed by atoms with E-state index in [2.05, 4.69) is 0 Å². The summed E-state index contributed by atoms with van der Waals surface area (Å²) in [6.45, 7) is 0. The molecular formula is C14H14F3NO2Pt. The van der Waals surface area contributed by atoms with Crippen molar-refractivity contribution in [3.8, 4) is 0 Å². The van der Waals surface area contributed by atoms with Crippen LogP contribution in [0, 0.1) is 17.5 Å². The van der Waals surface area contributed by atoms with E-state index in [0.29, 0.717) is 18.9 Å². The van der Waals surface area contributed by atoms with Gasteiger partial charge < -0.3 is 4.90 Å². The minimum atomic E-state index is -1.19. The molecule has 2 saturated heterocycles. The number of amides is 1. The summed E-state index contributed by atoms with van der Waals surface area (Å²) in [5, 5.41) is 0. The van der Waals surface area contributed by atoms with Crippen LogP contribution in [0.15, 0.2) is 12.1 Å². The van der Waals surface area contributed by atoms with Crippen molar-refractivity contribution in [1.29, 1.82) is 0 Å². The van der Waals surface area contributed by atoms with Crippen LogP contribution in [-0.2, 0) is 28.0 Å². The number of carbonyl (C=O) groups excluding carboxylic acids is 1. The number of rotatable bonds is 1. The van der Waals surface area contributed by atoms with Crippen molar-refractivity contribution >= 4 is 5.91 Å². The molecule has 0 spiro atoms. The van der Waals surface area contributed by atoms with E-state index in [9.17, 15) is 18.0 Å². The molecule has 3 nitrogen and oxygen atoms in total. The molecule has 2 aliphatic rings. The maximum absolute atomic E-state index is 13.8. The number of carbonyl (C=O) groups is 1. The zero-order chi connectivity index (χ0) is 15.6. The molecule has 2 fully saturated rings. The third-order valence-electron chi connectivity index (χ3n) is 4.12. The number of fused-ring (bicyclic) bond motifs is 1. The van der Waals surface area contributed by atoms with Gasteiger partial charge in [0.05, 0.1) is 6.04 Å². The summed E-state index contributed by atoms with van der Waals surface area (Å²) in [5.74, 6) is -3.05. The van der Waals surface area contributed by atoms with E-state index >= 15 is 0 Å². The second-order valence-electron chi connectivity index (χ2n) is 5.23. The minimum absolute atomic E-state index is 0.0112. The van der Waals surface area contributed by atoms with Crippen molar-refractivity contribution in [2.24, 2.45) is 0 Å². The van der Waals surface area contributed by atoms with Crippen molar-refractivity contribution < 1.29 is 41.1 Å². The van der Waals surface area contributed by atoms with Gasteiger partial charge in [-0.15, -0.1) is 0 Å². The van der Waals surface area contributed by atoms with E-state index in [0.717, 1.165) is 45.1 Å². The Kier molecular flexibility index (Phi) is 5.31. The van der Waals surface area contributed by atoms with E-state index < -0.39 is 23.5 Å². The Balaban J connectivity index is 0.000000774. The number of hydrogen-bond donors (Lipinski definition) is 0. The zero-order valence-corrected chi connectivity index (χ0v) is 13.3. The fourth-order valence-electron chi connectivity index (χ4n) is 3.26. The second kappa shape index (κ2) is 6.82. The summed E-state index contributed by atoms with van der Waals surface area (Å²) in [5.41, 5.74) is 0.0941. The fraction of sp³-hybridized carbons (Fsp3) is 0.500. The van der Waals surface area contributed by atoms with Gasteiger partial charge in [-0.05, 0) is 31.7 Å². The third kappa shape index (κ3) is 3.10. The number of hydrogen-bond acceptors (Lipinski definition) is 2. The average Bonchev–Trinajstić information content (AvgIpc) is 2.90. The van der Waals surface area contributed by atoms with Crippen molar-refractivity contribution in [2.45, 2.75) is 44.2 Å². The molecule has 0 bridgehead atoms. The Hall–Kier alpha value is -1.03. The van der Waals surface area contributed by atoms with Crippen molar-refractivity contribution in [2.75, 3.05) is 0 Å². The monoisotopic (exact) mass is 480 g/mol. The van der Waals surface area contributed by atoms with Gasteiger partial charge in [0.1, 0.15) is 5.82 Å². The van der Waals surface area contributed by atoms with Gasteiger partial charge in [-0.25, -0.2) is 13.2 Å². The third-order valence-corrected chi connectivity index (χ3v) is 4.12. The molecule has 2 heterocycles. The Morgan fingerprint density at radius 2 is 1.67 bits per heavy atom. The summed E-state index contributed by atoms with van der Waals surface area (Å²) >= 11 is 0.889. The summed E-state index contributed by atoms with van der Waals surface area (Å²) in [6.07, 6.45) is 3.63. The first-order valence-electron chi connectivity index (χ1n) is 6.66. The zero-order valence-electron chi connectivity index (χ0n) is 11.1. The summed E-state index contributed by atoms with van der Waals surface area (Å²) in [7, 11) is 0. The van der Waals surface area contributed by atoms with Crippen LogP contribution in [-0.4, -0.2) is 16.8 Å². The van der Waals surface area contributed by atoms with E-state index in [1.165, 1.54) is 0 Å². The van der Waals surface area contributed by atoms with Crippen molar-refractivity contribution in [3.63, 3.8) is 0 Å². The molecule has 1 aromatic rings. The number of benzene rings is 1. The van der Waals surface area contributed by atoms with E-state index in [4.69, 9.17) is 3.40 Å². The van der Waals surface area contributed by atoms with Gasteiger partial charge in [0.15, 0.2) is 11.6 Å². The molecule has 0 N–H and O–H groups in total. The second-order valence-corrected chi connectivity index (χ2v) is 5.23. The van der Waals surface area contributed by atoms with Crippen LogP contribution in [0.3, 0.4) is 0 Å². The van der Waals surface area contributed by atoms with Crippen LogP contribution in [0.4, 0.5) is 13.2 Å². The van der Waals surface area contributed by atoms with Gasteiger partial charge >= 0.3 is 23.2 Å². The molecule has 0 unspecified atom stereocenters. The van der Waals surface area contributed by atoms with Crippen LogP contribution < -0.4 is 0 Å². The van der Waals surface area contributed by atoms with Crippen molar-refractivity contribution in [1.82, 2.24) is 4.90 Å². The molecule has 1 aromatic carbocycles. The van der Waals surface area contributed by atoms with Gasteiger partial charge in [-0.2, -0.15) is 0 Å². The average molecular weight is 480 g/mol. The number of piperidine rings is 1. The summed E-state index contributed by atoms with van der Waals surface area (Å²) < 4.78 is 48.3. The number of halogens is 3. The van der Waals surface area contributed by atoms with Crippen molar-refractivity contribution in [3.05, 3.63) is 35.1 Å². The Morgan fingerprint density at radius 1 is 1.00 bits per heavy atom. The van der Waals surface area contributed by atoms with Crippen LogP contribution >= 0.6 is 0 Å². The quantitative estimate of drug-likeness (QED) is 0.580. The molecule has 3 rings (SSSR count). The Bertz CT molecular complexity index is 555. The molecule has 0 saturated carbocycles. The first-order valence-corrected chi connectivity index (χ1v) is 7.59. The Labute approximate surface area is 131 Å². The molecule has 0 radical (unpaired) electrons. The van der Waals surface area contributed by atoms with E-state index in [-0.39, 0.29) is 17.5 Å². The SMILES string of the molecule is O=C1CCC[C@H]2CC[C@@H](c3cc(F)c(F)cc3F)N12.[O]=[Pt]. The standard InChI is InChI=1S/C14H14F3NO.O.Pt/c15-10-7-12(17)11(16)6-9(10)13-5-4-8-2-1-3-14(19)18(8)13;;/h6-8,13H,1-5H2;;/t8-,13-;;/m0../s1. The van der Waals surface area contributed by atoms with Gasteiger partial charge in [-0.3, -0.25) is 4.79 Å². The molecule has 0 aliphatic carbocycles. The van der Waals surface area contributed by atoms with E-state index in [1.807, 2.05) is 0 Å². The molecule has 2 atom stereocenters. The summed E-state index contributed by atoms with van der Waals surface area (Å²) in [6, 6.07) is 1.12. The van der Waals surface area contributed by atoms with Crippen LogP contribution in [0.5, 0.6) is 0 Å². The molecule has 7 heteroatoms. The predicted octanol–water partition coefficient (Wildman–Crippen LogP) is 3.20. The van der Waals surface area contributed by atoms with Crippen LogP contribution in [0.2, 0.25) is 0 Å². The van der Waals surface area contributed by atoms with Gasteiger partial charge in [0.2, 0.25) is 5.91 Å². The molecule has 118 valence electrons. The van der Waals surface area contributed by atoms with Gasteiger partial charge in [-0.1, -0.05) is 0 Å². The molecule has 2 aliphatic heterocycles. The van der Waals surface area contributed by atoms with E-state index in [1.54, 1.807) is 4.90 Å². The predicted molar refractivity (Wildman–Crippen MR) is 63.5 cm³/mol. The first-order chi connectivity index (χ1) is 10.1. The normalized spacial score (nSPS) is 24.4. The molecule has 21 heavy (non-hydrogen) atoms. The molecular weight excluding hydrogens is 466 g/mol. The van der Waals surface area contributed by atoms with Gasteiger partial charge in [0.25, 0.3) is 0 Å².